The standard InChI is InChI=1S/C35H47F3N8O2/c1-23-19-44(20-24(2)40-23)22-30-32(17-26-7-6-8-29(25(26)3)35(36,37)38)46-34(41-30)28(18-27(42-46)21-43-12-15-47-16-13-43)31-10-11-39-45(31)33-9-4-5-14-48-33/h6-8,10-11,18,23-26,33,40H,4-5,9,12-17,19-22H2,1-3H3. The Kier molecular flexibility index (Phi) is 9.76. The van der Waals surface area contributed by atoms with Crippen molar-refractivity contribution in [3.63, 3.8) is 0 Å². The van der Waals surface area contributed by atoms with E-state index in [9.17, 15) is 13.2 Å². The van der Waals surface area contributed by atoms with Crippen LogP contribution >= 0.6 is 0 Å². The highest BCUT2D eigenvalue weighted by Crippen LogP contribution is 2.40. The highest BCUT2D eigenvalue weighted by Gasteiger charge is 2.40. The fourth-order valence-corrected chi connectivity index (χ4v) is 7.87. The largest absolute Gasteiger partial charge is 0.412 e. The van der Waals surface area contributed by atoms with E-state index in [2.05, 4.69) is 35.0 Å². The number of halogens is 3. The van der Waals surface area contributed by atoms with Crippen molar-refractivity contribution in [2.24, 2.45) is 11.8 Å². The summed E-state index contributed by atoms with van der Waals surface area (Å²) in [5.74, 6) is -1.06. The fourth-order valence-electron chi connectivity index (χ4n) is 7.87. The Morgan fingerprint density at radius 2 is 1.79 bits per heavy atom. The second kappa shape index (κ2) is 14.0. The monoisotopic (exact) mass is 668 g/mol. The number of piperazine rings is 1. The van der Waals surface area contributed by atoms with Crippen molar-refractivity contribution in [1.82, 2.24) is 39.5 Å². The molecule has 0 aromatic carbocycles. The predicted octanol–water partition coefficient (Wildman–Crippen LogP) is 5.16. The molecule has 3 aliphatic heterocycles. The Hall–Kier alpha value is -3.10. The number of hydrogen-bond donors (Lipinski definition) is 1. The van der Waals surface area contributed by atoms with Gasteiger partial charge in [0.1, 0.15) is 0 Å². The van der Waals surface area contributed by atoms with E-state index in [0.717, 1.165) is 73.8 Å². The van der Waals surface area contributed by atoms with Gasteiger partial charge in [0.15, 0.2) is 11.9 Å². The number of imidazole rings is 1. The number of hydrogen-bond acceptors (Lipinski definition) is 8. The maximum absolute atomic E-state index is 14.1. The minimum atomic E-state index is -4.38. The number of nitrogens with zero attached hydrogens (tertiary/aromatic N) is 7. The smallest absolute Gasteiger partial charge is 0.379 e. The van der Waals surface area contributed by atoms with E-state index in [1.165, 1.54) is 6.08 Å². The average molecular weight is 669 g/mol. The quantitative estimate of drug-likeness (QED) is 0.353. The minimum absolute atomic E-state index is 0.168. The van der Waals surface area contributed by atoms with E-state index in [1.54, 1.807) is 19.2 Å². The van der Waals surface area contributed by atoms with E-state index in [0.29, 0.717) is 57.1 Å². The molecular weight excluding hydrogens is 621 g/mol. The van der Waals surface area contributed by atoms with Gasteiger partial charge >= 0.3 is 6.18 Å². The molecule has 1 N–H and O–H groups in total. The predicted molar refractivity (Wildman–Crippen MR) is 176 cm³/mol. The van der Waals surface area contributed by atoms with Gasteiger partial charge in [0, 0.05) is 75.3 Å². The SMILES string of the molecule is CC1CN(Cc2nc3c(-c4ccnn4C4CCCCO4)cc(CN4CCOCC4)nn3c2CC2C=CC=C(C(F)(F)F)C2C)CC(C)N1. The van der Waals surface area contributed by atoms with Gasteiger partial charge in [0.2, 0.25) is 0 Å². The number of morpholine rings is 1. The zero-order valence-electron chi connectivity index (χ0n) is 28.1. The third-order valence-electron chi connectivity index (χ3n) is 10.2. The number of nitrogens with one attached hydrogen (secondary N) is 1. The molecule has 13 heteroatoms. The van der Waals surface area contributed by atoms with Crippen LogP contribution in [0.2, 0.25) is 0 Å². The van der Waals surface area contributed by atoms with Crippen molar-refractivity contribution >= 4 is 5.65 Å². The van der Waals surface area contributed by atoms with Crippen molar-refractivity contribution < 1.29 is 22.6 Å². The summed E-state index contributed by atoms with van der Waals surface area (Å²) in [6.45, 7) is 12.6. The molecule has 0 spiro atoms. The molecule has 260 valence electrons. The van der Waals surface area contributed by atoms with Crippen LogP contribution in [0.3, 0.4) is 0 Å². The second-order valence-corrected chi connectivity index (χ2v) is 14.0. The molecule has 7 rings (SSSR count). The molecule has 3 aromatic rings. The van der Waals surface area contributed by atoms with Gasteiger partial charge in [0.05, 0.1) is 36.0 Å². The van der Waals surface area contributed by atoms with Crippen LogP contribution in [0.4, 0.5) is 13.2 Å². The summed E-state index contributed by atoms with van der Waals surface area (Å²) in [6.07, 6.45) is 5.30. The minimum Gasteiger partial charge on any atom is -0.379 e. The molecule has 4 aliphatic rings. The first kappa shape index (κ1) is 33.4. The van der Waals surface area contributed by atoms with Crippen LogP contribution in [0.5, 0.6) is 0 Å². The van der Waals surface area contributed by atoms with Gasteiger partial charge in [-0.25, -0.2) is 14.2 Å². The Labute approximate surface area is 280 Å². The molecule has 1 aliphatic carbocycles. The van der Waals surface area contributed by atoms with Crippen LogP contribution in [0.1, 0.15) is 63.3 Å². The summed E-state index contributed by atoms with van der Waals surface area (Å²) >= 11 is 0. The van der Waals surface area contributed by atoms with Crippen LogP contribution in [-0.4, -0.2) is 98.4 Å². The van der Waals surface area contributed by atoms with Crippen LogP contribution in [0, 0.1) is 11.8 Å². The zero-order valence-corrected chi connectivity index (χ0v) is 28.1. The average Bonchev–Trinajstić information content (AvgIpc) is 3.67. The van der Waals surface area contributed by atoms with Crippen molar-refractivity contribution in [3.8, 4) is 11.3 Å². The third kappa shape index (κ3) is 7.11. The normalized spacial score (nSPS) is 27.9. The molecule has 48 heavy (non-hydrogen) atoms. The van der Waals surface area contributed by atoms with Crippen LogP contribution in [0.25, 0.3) is 16.9 Å². The number of allylic oxidation sites excluding steroid dienone is 4. The van der Waals surface area contributed by atoms with E-state index in [-0.39, 0.29) is 12.1 Å². The number of ether oxygens (including phenoxy) is 2. The Morgan fingerprint density at radius 3 is 2.52 bits per heavy atom. The first-order valence-corrected chi connectivity index (χ1v) is 17.4. The molecule has 5 unspecified atom stereocenters. The molecule has 3 saturated heterocycles. The molecule has 3 fully saturated rings. The van der Waals surface area contributed by atoms with Gasteiger partial charge in [0.25, 0.3) is 0 Å². The summed E-state index contributed by atoms with van der Waals surface area (Å²) in [5.41, 5.74) is 4.59. The highest BCUT2D eigenvalue weighted by atomic mass is 19.4. The Morgan fingerprint density at radius 1 is 1.00 bits per heavy atom. The molecule has 5 atom stereocenters. The number of aromatic nitrogens is 5. The Balaban J connectivity index is 1.35. The van der Waals surface area contributed by atoms with Crippen LogP contribution < -0.4 is 5.32 Å². The van der Waals surface area contributed by atoms with Crippen molar-refractivity contribution in [1.29, 1.82) is 0 Å². The molecule has 3 aromatic heterocycles. The molecular formula is C35H47F3N8O2. The molecule has 6 heterocycles. The molecule has 0 bridgehead atoms. The summed E-state index contributed by atoms with van der Waals surface area (Å²) in [6, 6.07) is 4.75. The van der Waals surface area contributed by atoms with Gasteiger partial charge in [-0.3, -0.25) is 9.80 Å². The van der Waals surface area contributed by atoms with E-state index >= 15 is 0 Å². The third-order valence-corrected chi connectivity index (χ3v) is 10.2. The number of fused-ring (bicyclic) bond motifs is 1. The van der Waals surface area contributed by atoms with Crippen molar-refractivity contribution in [3.05, 3.63) is 59.2 Å². The van der Waals surface area contributed by atoms with Gasteiger partial charge in [-0.15, -0.1) is 0 Å². The molecule has 0 saturated carbocycles. The lowest BCUT2D eigenvalue weighted by atomic mass is 9.80. The highest BCUT2D eigenvalue weighted by molar-refractivity contribution is 5.76. The lowest BCUT2D eigenvalue weighted by Crippen LogP contribution is -2.53. The lowest BCUT2D eigenvalue weighted by Gasteiger charge is -2.36. The summed E-state index contributed by atoms with van der Waals surface area (Å²) in [5, 5.41) is 13.5. The first-order valence-electron chi connectivity index (χ1n) is 17.4. The molecule has 10 nitrogen and oxygen atoms in total. The van der Waals surface area contributed by atoms with Crippen LogP contribution in [-0.2, 0) is 29.0 Å². The summed E-state index contributed by atoms with van der Waals surface area (Å²) < 4.78 is 57.8. The fraction of sp³-hybridized carbons (Fsp3) is 0.629. The van der Waals surface area contributed by atoms with Gasteiger partial charge in [-0.2, -0.15) is 23.4 Å². The molecule has 0 radical (unpaired) electrons. The van der Waals surface area contributed by atoms with Gasteiger partial charge in [-0.05, 0) is 63.5 Å². The van der Waals surface area contributed by atoms with Crippen LogP contribution in [0.15, 0.2) is 42.1 Å². The topological polar surface area (TPSA) is 85.0 Å². The summed E-state index contributed by atoms with van der Waals surface area (Å²) in [4.78, 5) is 10.0. The maximum atomic E-state index is 14.1. The lowest BCUT2D eigenvalue weighted by molar-refractivity contribution is -0.100. The second-order valence-electron chi connectivity index (χ2n) is 14.0. The maximum Gasteiger partial charge on any atom is 0.412 e. The molecule has 0 amide bonds. The van der Waals surface area contributed by atoms with Crippen molar-refractivity contribution in [2.45, 2.75) is 84.0 Å². The van der Waals surface area contributed by atoms with Gasteiger partial charge in [-0.1, -0.05) is 25.2 Å². The number of rotatable bonds is 8. The number of alkyl halides is 3. The summed E-state index contributed by atoms with van der Waals surface area (Å²) in [7, 11) is 0. The van der Waals surface area contributed by atoms with Gasteiger partial charge < -0.3 is 14.8 Å². The van der Waals surface area contributed by atoms with Crippen molar-refractivity contribution in [2.75, 3.05) is 46.0 Å². The van der Waals surface area contributed by atoms with E-state index < -0.39 is 17.7 Å². The zero-order chi connectivity index (χ0) is 33.4. The first-order chi connectivity index (χ1) is 23.1. The van der Waals surface area contributed by atoms with E-state index in [4.69, 9.17) is 24.7 Å². The van der Waals surface area contributed by atoms with E-state index in [1.807, 2.05) is 21.3 Å². The Bertz CT molecular complexity index is 1630.